The van der Waals surface area contributed by atoms with Gasteiger partial charge in [0.15, 0.2) is 0 Å². The van der Waals surface area contributed by atoms with Gasteiger partial charge in [-0.15, -0.1) is 0 Å². The monoisotopic (exact) mass is 293 g/mol. The lowest BCUT2D eigenvalue weighted by Gasteiger charge is -2.05. The lowest BCUT2D eigenvalue weighted by atomic mass is 10.2. The van der Waals surface area contributed by atoms with E-state index < -0.39 is 0 Å². The number of halogens is 1. The third kappa shape index (κ3) is 2.94. The van der Waals surface area contributed by atoms with Crippen LogP contribution in [0, 0.1) is 13.8 Å². The smallest absolute Gasteiger partial charge is 0.273 e. The number of rotatable bonds is 2. The molecule has 5 heteroatoms. The van der Waals surface area contributed by atoms with Gasteiger partial charge in [-0.2, -0.15) is 0 Å². The van der Waals surface area contributed by atoms with Crippen LogP contribution in [0.15, 0.2) is 28.9 Å². The van der Waals surface area contributed by atoms with Crippen LogP contribution in [0.25, 0.3) is 0 Å². The number of aryl methyl sites for hydroxylation is 2. The van der Waals surface area contributed by atoms with Crippen molar-refractivity contribution in [3.63, 3.8) is 0 Å². The Morgan fingerprint density at radius 2 is 2.12 bits per heavy atom. The van der Waals surface area contributed by atoms with Gasteiger partial charge < -0.3 is 10.3 Å². The highest BCUT2D eigenvalue weighted by atomic mass is 79.9. The van der Waals surface area contributed by atoms with E-state index in [-0.39, 0.29) is 5.91 Å². The molecule has 0 saturated carbocycles. The minimum absolute atomic E-state index is 0.201. The first kappa shape index (κ1) is 11.9. The fraction of sp³-hybridized carbons (Fsp3) is 0.167. The van der Waals surface area contributed by atoms with Crippen LogP contribution in [-0.2, 0) is 0 Å². The van der Waals surface area contributed by atoms with Crippen LogP contribution in [0.5, 0.6) is 0 Å². The summed E-state index contributed by atoms with van der Waals surface area (Å²) in [5.74, 6) is 0.367. The van der Waals surface area contributed by atoms with Gasteiger partial charge in [0.2, 0.25) is 0 Å². The van der Waals surface area contributed by atoms with Crippen molar-refractivity contribution in [3.05, 3.63) is 45.8 Å². The Hall–Kier alpha value is -1.62. The highest BCUT2D eigenvalue weighted by Crippen LogP contribution is 2.13. The fourth-order valence-corrected chi connectivity index (χ4v) is 1.93. The van der Waals surface area contributed by atoms with Crippen LogP contribution in [0.3, 0.4) is 0 Å². The summed E-state index contributed by atoms with van der Waals surface area (Å²) in [7, 11) is 0. The zero-order valence-corrected chi connectivity index (χ0v) is 11.1. The Morgan fingerprint density at radius 3 is 2.71 bits per heavy atom. The quantitative estimate of drug-likeness (QED) is 0.894. The molecule has 4 nitrogen and oxygen atoms in total. The third-order valence-corrected chi connectivity index (χ3v) is 2.69. The van der Waals surface area contributed by atoms with E-state index in [0.717, 1.165) is 15.7 Å². The molecule has 2 N–H and O–H groups in total. The third-order valence-electron chi connectivity index (χ3n) is 2.23. The summed E-state index contributed by atoms with van der Waals surface area (Å²) in [5, 5.41) is 2.75. The van der Waals surface area contributed by atoms with E-state index in [4.69, 9.17) is 0 Å². The Morgan fingerprint density at radius 1 is 1.35 bits per heavy atom. The molecule has 0 unspecified atom stereocenters. The van der Waals surface area contributed by atoms with Crippen LogP contribution in [0.2, 0.25) is 0 Å². The van der Waals surface area contributed by atoms with E-state index in [9.17, 15) is 4.79 Å². The predicted octanol–water partition coefficient (Wildman–Crippen LogP) is 3.04. The van der Waals surface area contributed by atoms with Gasteiger partial charge in [-0.25, -0.2) is 4.98 Å². The van der Waals surface area contributed by atoms with Gasteiger partial charge in [0.1, 0.15) is 11.5 Å². The molecule has 2 heterocycles. The number of aromatic amines is 1. The average Bonchev–Trinajstić information content (AvgIpc) is 2.63. The minimum atomic E-state index is -0.201. The van der Waals surface area contributed by atoms with Gasteiger partial charge in [-0.3, -0.25) is 4.79 Å². The van der Waals surface area contributed by atoms with E-state index in [2.05, 4.69) is 31.2 Å². The summed E-state index contributed by atoms with van der Waals surface area (Å²) in [4.78, 5) is 19.0. The molecule has 0 atom stereocenters. The SMILES string of the molecule is Cc1cc(C)nc(NC(=O)c2cc(Br)c[nH]2)c1. The first-order chi connectivity index (χ1) is 8.04. The molecular formula is C12H12BrN3O. The van der Waals surface area contributed by atoms with E-state index in [1.165, 1.54) is 0 Å². The summed E-state index contributed by atoms with van der Waals surface area (Å²) in [6.07, 6.45) is 1.71. The second-order valence-electron chi connectivity index (χ2n) is 3.86. The molecule has 2 aromatic rings. The number of pyridine rings is 1. The number of carbonyl (C=O) groups is 1. The Bertz CT molecular complexity index is 542. The number of aromatic nitrogens is 2. The number of amides is 1. The van der Waals surface area contributed by atoms with Gasteiger partial charge >= 0.3 is 0 Å². The summed E-state index contributed by atoms with van der Waals surface area (Å²) in [6, 6.07) is 5.52. The lowest BCUT2D eigenvalue weighted by molar-refractivity contribution is 0.102. The minimum Gasteiger partial charge on any atom is -0.356 e. The summed E-state index contributed by atoms with van der Waals surface area (Å²) in [5.41, 5.74) is 2.45. The highest BCUT2D eigenvalue weighted by Gasteiger charge is 2.09. The van der Waals surface area contributed by atoms with E-state index in [0.29, 0.717) is 11.5 Å². The lowest BCUT2D eigenvalue weighted by Crippen LogP contribution is -2.13. The Balaban J connectivity index is 2.18. The van der Waals surface area contributed by atoms with Crippen molar-refractivity contribution in [2.45, 2.75) is 13.8 Å². The number of carbonyl (C=O) groups excluding carboxylic acids is 1. The molecule has 88 valence electrons. The molecule has 0 fully saturated rings. The van der Waals surface area contributed by atoms with Gasteiger partial charge in [-0.1, -0.05) is 0 Å². The fourth-order valence-electron chi connectivity index (χ4n) is 1.59. The Kier molecular flexibility index (Phi) is 3.28. The zero-order chi connectivity index (χ0) is 12.4. The van der Waals surface area contributed by atoms with Crippen molar-refractivity contribution in [1.29, 1.82) is 0 Å². The second-order valence-corrected chi connectivity index (χ2v) is 4.77. The highest BCUT2D eigenvalue weighted by molar-refractivity contribution is 9.10. The molecule has 0 radical (unpaired) electrons. The molecule has 0 spiro atoms. The molecule has 2 rings (SSSR count). The normalized spacial score (nSPS) is 10.3. The van der Waals surface area contributed by atoms with E-state index in [1.807, 2.05) is 26.0 Å². The van der Waals surface area contributed by atoms with Crippen LogP contribution in [0.1, 0.15) is 21.7 Å². The van der Waals surface area contributed by atoms with Crippen LogP contribution >= 0.6 is 15.9 Å². The maximum Gasteiger partial charge on any atom is 0.273 e. The number of anilines is 1. The molecule has 0 aliphatic carbocycles. The van der Waals surface area contributed by atoms with Crippen molar-refractivity contribution < 1.29 is 4.79 Å². The topological polar surface area (TPSA) is 57.8 Å². The van der Waals surface area contributed by atoms with Crippen molar-refractivity contribution in [1.82, 2.24) is 9.97 Å². The van der Waals surface area contributed by atoms with Crippen molar-refractivity contribution in [3.8, 4) is 0 Å². The van der Waals surface area contributed by atoms with Crippen molar-refractivity contribution in [2.24, 2.45) is 0 Å². The summed E-state index contributed by atoms with van der Waals surface area (Å²) >= 11 is 3.28. The van der Waals surface area contributed by atoms with Crippen LogP contribution in [-0.4, -0.2) is 15.9 Å². The molecule has 17 heavy (non-hydrogen) atoms. The second kappa shape index (κ2) is 4.71. The van der Waals surface area contributed by atoms with Crippen molar-refractivity contribution in [2.75, 3.05) is 5.32 Å². The van der Waals surface area contributed by atoms with Crippen LogP contribution < -0.4 is 5.32 Å². The molecule has 0 aliphatic rings. The van der Waals surface area contributed by atoms with Gasteiger partial charge in [0, 0.05) is 16.4 Å². The molecule has 0 aliphatic heterocycles. The summed E-state index contributed by atoms with van der Waals surface area (Å²) in [6.45, 7) is 3.86. The first-order valence-corrected chi connectivity index (χ1v) is 5.94. The maximum atomic E-state index is 11.8. The number of hydrogen-bond acceptors (Lipinski definition) is 2. The van der Waals surface area contributed by atoms with E-state index >= 15 is 0 Å². The molecule has 0 saturated heterocycles. The van der Waals surface area contributed by atoms with Crippen molar-refractivity contribution >= 4 is 27.7 Å². The number of nitrogens with one attached hydrogen (secondary N) is 2. The molecular weight excluding hydrogens is 282 g/mol. The molecule has 2 aromatic heterocycles. The van der Waals surface area contributed by atoms with Crippen LogP contribution in [0.4, 0.5) is 5.82 Å². The zero-order valence-electron chi connectivity index (χ0n) is 9.54. The average molecular weight is 294 g/mol. The predicted molar refractivity (Wildman–Crippen MR) is 70.2 cm³/mol. The Labute approximate surface area is 108 Å². The largest absolute Gasteiger partial charge is 0.356 e. The number of nitrogens with zero attached hydrogens (tertiary/aromatic N) is 1. The number of H-pyrrole nitrogens is 1. The number of hydrogen-bond donors (Lipinski definition) is 2. The van der Waals surface area contributed by atoms with Gasteiger partial charge in [0.25, 0.3) is 5.91 Å². The summed E-state index contributed by atoms with van der Waals surface area (Å²) < 4.78 is 0.844. The molecule has 0 aromatic carbocycles. The van der Waals surface area contributed by atoms with Gasteiger partial charge in [-0.05, 0) is 53.5 Å². The van der Waals surface area contributed by atoms with Gasteiger partial charge in [0.05, 0.1) is 0 Å². The first-order valence-electron chi connectivity index (χ1n) is 5.15. The molecule has 1 amide bonds. The maximum absolute atomic E-state index is 11.8. The molecule has 0 bridgehead atoms. The van der Waals surface area contributed by atoms with E-state index in [1.54, 1.807) is 12.3 Å². The standard InChI is InChI=1S/C12H12BrN3O/c1-7-3-8(2)15-11(4-7)16-12(17)10-5-9(13)6-14-10/h3-6,14H,1-2H3,(H,15,16,17).